The molecule has 1 radical (unpaired) electrons. The fraction of sp³-hybridized carbons (Fsp3) is 0.750. The van der Waals surface area contributed by atoms with Crippen LogP contribution >= 0.6 is 0 Å². The summed E-state index contributed by atoms with van der Waals surface area (Å²) in [6.45, 7) is 3.15. The van der Waals surface area contributed by atoms with Crippen molar-refractivity contribution >= 4 is 12.2 Å². The summed E-state index contributed by atoms with van der Waals surface area (Å²) in [6.07, 6.45) is 3.47. The van der Waals surface area contributed by atoms with E-state index in [-0.39, 0.29) is 5.91 Å². The van der Waals surface area contributed by atoms with E-state index in [1.165, 1.54) is 6.92 Å². The summed E-state index contributed by atoms with van der Waals surface area (Å²) in [7, 11) is 0. The number of hydrogen-bond donors (Lipinski definition) is 1. The van der Waals surface area contributed by atoms with Crippen LogP contribution in [0.1, 0.15) is 19.8 Å². The summed E-state index contributed by atoms with van der Waals surface area (Å²) in [5.41, 5.74) is 0. The molecular formula is C8H13N2O2. The Kier molecular flexibility index (Phi) is 3.22. The van der Waals surface area contributed by atoms with Crippen molar-refractivity contribution in [1.82, 2.24) is 10.2 Å². The summed E-state index contributed by atoms with van der Waals surface area (Å²) in [6, 6.07) is 0. The van der Waals surface area contributed by atoms with Crippen LogP contribution in [0.25, 0.3) is 0 Å². The lowest BCUT2D eigenvalue weighted by Crippen LogP contribution is -2.47. The number of rotatable bonds is 3. The van der Waals surface area contributed by atoms with Gasteiger partial charge in [-0.1, -0.05) is 0 Å². The van der Waals surface area contributed by atoms with Crippen molar-refractivity contribution in [2.45, 2.75) is 25.9 Å². The molecule has 1 unspecified atom stereocenters. The van der Waals surface area contributed by atoms with Crippen molar-refractivity contribution in [1.29, 1.82) is 0 Å². The molecule has 4 heteroatoms. The third-order valence-corrected chi connectivity index (χ3v) is 1.96. The molecule has 1 heterocycles. The molecule has 4 nitrogen and oxygen atoms in total. The van der Waals surface area contributed by atoms with Gasteiger partial charge in [0.25, 0.3) is 0 Å². The van der Waals surface area contributed by atoms with Crippen LogP contribution in [-0.2, 0) is 9.59 Å². The van der Waals surface area contributed by atoms with Crippen molar-refractivity contribution in [2.24, 2.45) is 0 Å². The maximum atomic E-state index is 10.7. The first-order valence-corrected chi connectivity index (χ1v) is 4.13. The fourth-order valence-corrected chi connectivity index (χ4v) is 1.39. The van der Waals surface area contributed by atoms with Gasteiger partial charge < -0.3 is 5.32 Å². The highest BCUT2D eigenvalue weighted by molar-refractivity contribution is 5.77. The largest absolute Gasteiger partial charge is 0.334 e. The Balaban J connectivity index is 2.42. The first kappa shape index (κ1) is 9.19. The number of amides is 1. The van der Waals surface area contributed by atoms with Gasteiger partial charge in [0.05, 0.1) is 0 Å². The van der Waals surface area contributed by atoms with Gasteiger partial charge in [0, 0.05) is 20.0 Å². The number of nitrogens with zero attached hydrogens (tertiary/aromatic N) is 1. The molecule has 67 valence electrons. The monoisotopic (exact) mass is 169 g/mol. The third-order valence-electron chi connectivity index (χ3n) is 1.96. The lowest BCUT2D eigenvalue weighted by molar-refractivity contribution is -0.120. The highest BCUT2D eigenvalue weighted by atomic mass is 16.2. The van der Waals surface area contributed by atoms with Gasteiger partial charge in [0.2, 0.25) is 12.2 Å². The van der Waals surface area contributed by atoms with Crippen molar-refractivity contribution in [2.75, 3.05) is 13.1 Å². The maximum absolute atomic E-state index is 10.7. The van der Waals surface area contributed by atoms with E-state index in [1.54, 1.807) is 0 Å². The Morgan fingerprint density at radius 1 is 1.50 bits per heavy atom. The predicted molar refractivity (Wildman–Crippen MR) is 44.1 cm³/mol. The molecule has 12 heavy (non-hydrogen) atoms. The van der Waals surface area contributed by atoms with Crippen molar-refractivity contribution in [3.63, 3.8) is 0 Å². The average Bonchev–Trinajstić information content (AvgIpc) is 2.51. The molecule has 0 aromatic rings. The van der Waals surface area contributed by atoms with Crippen LogP contribution in [-0.4, -0.2) is 36.3 Å². The van der Waals surface area contributed by atoms with Gasteiger partial charge in [-0.25, -0.2) is 0 Å². The zero-order valence-electron chi connectivity index (χ0n) is 7.17. The highest BCUT2D eigenvalue weighted by Crippen LogP contribution is 2.08. The van der Waals surface area contributed by atoms with Crippen LogP contribution in [0, 0.1) is 0 Å². The third kappa shape index (κ3) is 2.30. The smallest absolute Gasteiger partial charge is 0.239 e. The van der Waals surface area contributed by atoms with Crippen LogP contribution in [0.15, 0.2) is 0 Å². The van der Waals surface area contributed by atoms with E-state index >= 15 is 0 Å². The molecule has 0 bridgehead atoms. The van der Waals surface area contributed by atoms with Gasteiger partial charge in [-0.15, -0.1) is 0 Å². The molecule has 1 aliphatic heterocycles. The molecule has 0 aromatic heterocycles. The van der Waals surface area contributed by atoms with E-state index in [9.17, 15) is 9.59 Å². The quantitative estimate of drug-likeness (QED) is 0.628. The number of hydrogen-bond acceptors (Lipinski definition) is 3. The van der Waals surface area contributed by atoms with E-state index in [4.69, 9.17) is 0 Å². The minimum atomic E-state index is -0.537. The molecule has 1 saturated heterocycles. The van der Waals surface area contributed by atoms with Crippen LogP contribution < -0.4 is 5.32 Å². The number of likely N-dealkylation sites (tertiary alicyclic amines) is 1. The molecular weight excluding hydrogens is 156 g/mol. The van der Waals surface area contributed by atoms with Gasteiger partial charge in [0.15, 0.2) is 6.17 Å². The average molecular weight is 169 g/mol. The Bertz CT molecular complexity index is 176. The number of carbonyl (C=O) groups excluding carboxylic acids is 2. The van der Waals surface area contributed by atoms with E-state index < -0.39 is 6.17 Å². The predicted octanol–water partition coefficient (Wildman–Crippen LogP) is -0.346. The molecule has 1 N–H and O–H groups in total. The lowest BCUT2D eigenvalue weighted by Gasteiger charge is -2.21. The summed E-state index contributed by atoms with van der Waals surface area (Å²) >= 11 is 0. The first-order valence-electron chi connectivity index (χ1n) is 4.13. The second kappa shape index (κ2) is 4.21. The number of carbonyl (C=O) groups is 1. The molecule has 1 rings (SSSR count). The van der Waals surface area contributed by atoms with Crippen LogP contribution in [0.5, 0.6) is 0 Å². The van der Waals surface area contributed by atoms with Crippen molar-refractivity contribution in [3.05, 3.63) is 0 Å². The van der Waals surface area contributed by atoms with Gasteiger partial charge in [0.1, 0.15) is 0 Å². The molecule has 1 aliphatic rings. The molecule has 1 fully saturated rings. The summed E-state index contributed by atoms with van der Waals surface area (Å²) in [4.78, 5) is 23.0. The second-order valence-corrected chi connectivity index (χ2v) is 2.96. The molecule has 0 aliphatic carbocycles. The van der Waals surface area contributed by atoms with E-state index in [2.05, 4.69) is 5.32 Å². The highest BCUT2D eigenvalue weighted by Gasteiger charge is 2.22. The minimum Gasteiger partial charge on any atom is -0.334 e. The van der Waals surface area contributed by atoms with Crippen molar-refractivity contribution in [3.8, 4) is 0 Å². The molecule has 0 spiro atoms. The standard InChI is InChI=1S/C8H13N2O2/c1-7(12)9-8(6-11)10-4-2-3-5-10/h8H,2-5H2,1H3,(H,9,12). The normalized spacial score (nSPS) is 20.4. The lowest BCUT2D eigenvalue weighted by atomic mass is 10.4. The maximum Gasteiger partial charge on any atom is 0.239 e. The van der Waals surface area contributed by atoms with Crippen molar-refractivity contribution < 1.29 is 9.59 Å². The summed E-state index contributed by atoms with van der Waals surface area (Å²) in [5, 5.41) is 2.53. The van der Waals surface area contributed by atoms with Crippen LogP contribution in [0.4, 0.5) is 0 Å². The van der Waals surface area contributed by atoms with Gasteiger partial charge in [-0.3, -0.25) is 14.5 Å². The Morgan fingerprint density at radius 3 is 2.50 bits per heavy atom. The number of nitrogens with one attached hydrogen (secondary N) is 1. The Labute approximate surface area is 71.9 Å². The molecule has 0 saturated carbocycles. The van der Waals surface area contributed by atoms with Gasteiger partial charge in [-0.05, 0) is 12.8 Å². The minimum absolute atomic E-state index is 0.185. The first-order chi connectivity index (χ1) is 5.74. The van der Waals surface area contributed by atoms with E-state index in [0.717, 1.165) is 25.9 Å². The van der Waals surface area contributed by atoms with Gasteiger partial charge >= 0.3 is 0 Å². The topological polar surface area (TPSA) is 49.4 Å². The van der Waals surface area contributed by atoms with E-state index in [1.807, 2.05) is 11.2 Å². The zero-order chi connectivity index (χ0) is 8.97. The molecule has 1 atom stereocenters. The zero-order valence-corrected chi connectivity index (χ0v) is 7.17. The Hall–Kier alpha value is -0.900. The van der Waals surface area contributed by atoms with Crippen LogP contribution in [0.2, 0.25) is 0 Å². The Morgan fingerprint density at radius 2 is 2.08 bits per heavy atom. The molecule has 1 amide bonds. The van der Waals surface area contributed by atoms with E-state index in [0.29, 0.717) is 0 Å². The molecule has 0 aromatic carbocycles. The van der Waals surface area contributed by atoms with Crippen LogP contribution in [0.3, 0.4) is 0 Å². The summed E-state index contributed by atoms with van der Waals surface area (Å²) < 4.78 is 0. The second-order valence-electron chi connectivity index (χ2n) is 2.96. The SMILES string of the molecule is CC(=O)NC([C]=O)N1CCCC1. The fourth-order valence-electron chi connectivity index (χ4n) is 1.39. The van der Waals surface area contributed by atoms with Gasteiger partial charge in [-0.2, -0.15) is 0 Å². The summed E-state index contributed by atoms with van der Waals surface area (Å²) in [5.74, 6) is -0.185.